The molecule has 1 aliphatic rings. The summed E-state index contributed by atoms with van der Waals surface area (Å²) in [4.78, 5) is 33.6. The van der Waals surface area contributed by atoms with Crippen LogP contribution in [0.3, 0.4) is 0 Å². The zero-order chi connectivity index (χ0) is 19.4. The molecule has 0 spiro atoms. The van der Waals surface area contributed by atoms with Crippen molar-refractivity contribution in [1.29, 1.82) is 0 Å². The van der Waals surface area contributed by atoms with E-state index in [0.29, 0.717) is 35.1 Å². The van der Waals surface area contributed by atoms with Gasteiger partial charge in [0.25, 0.3) is 11.4 Å². The van der Waals surface area contributed by atoms with Gasteiger partial charge >= 0.3 is 0 Å². The summed E-state index contributed by atoms with van der Waals surface area (Å²) >= 11 is 0. The van der Waals surface area contributed by atoms with Gasteiger partial charge in [-0.2, -0.15) is 0 Å². The van der Waals surface area contributed by atoms with Gasteiger partial charge in [-0.15, -0.1) is 0 Å². The lowest BCUT2D eigenvalue weighted by Crippen LogP contribution is -2.12. The van der Waals surface area contributed by atoms with Gasteiger partial charge in [-0.25, -0.2) is 0 Å². The number of non-ortho nitro benzene ring substituents is 2. The molecule has 0 aliphatic heterocycles. The number of benzene rings is 2. The molecule has 27 heavy (non-hydrogen) atoms. The maximum Gasteiger partial charge on any atom is 0.270 e. The van der Waals surface area contributed by atoms with E-state index < -0.39 is 9.85 Å². The van der Waals surface area contributed by atoms with Gasteiger partial charge in [-0.1, -0.05) is 24.3 Å². The maximum atomic E-state index is 12.8. The molecule has 7 heteroatoms. The molecule has 0 saturated heterocycles. The Morgan fingerprint density at radius 2 is 1.22 bits per heavy atom. The summed E-state index contributed by atoms with van der Waals surface area (Å²) in [5.74, 6) is -0.126. The minimum absolute atomic E-state index is 0.0278. The lowest BCUT2D eigenvalue weighted by molar-refractivity contribution is -0.385. The van der Waals surface area contributed by atoms with Crippen molar-refractivity contribution < 1.29 is 14.6 Å². The Kier molecular flexibility index (Phi) is 5.21. The SMILES string of the molecule is O=C1C(=Cc2cccc([N+](=O)[O-])c2)CCC/C1=C/c1cccc([N+](=O)[O-])c1. The van der Waals surface area contributed by atoms with Gasteiger partial charge in [-0.05, 0) is 42.5 Å². The second kappa shape index (κ2) is 7.74. The number of nitro benzene ring substituents is 2. The molecule has 0 unspecified atom stereocenters. The molecule has 0 radical (unpaired) electrons. The highest BCUT2D eigenvalue weighted by Crippen LogP contribution is 2.29. The van der Waals surface area contributed by atoms with Crippen molar-refractivity contribution in [2.75, 3.05) is 0 Å². The molecule has 1 aliphatic carbocycles. The Morgan fingerprint density at radius 3 is 1.63 bits per heavy atom. The molecule has 0 bridgehead atoms. The van der Waals surface area contributed by atoms with Gasteiger partial charge in [-0.3, -0.25) is 25.0 Å². The molecule has 0 heterocycles. The van der Waals surface area contributed by atoms with E-state index in [1.807, 2.05) is 0 Å². The molecule has 2 aromatic rings. The first kappa shape index (κ1) is 18.2. The van der Waals surface area contributed by atoms with Crippen LogP contribution >= 0.6 is 0 Å². The van der Waals surface area contributed by atoms with Gasteiger partial charge in [0.2, 0.25) is 0 Å². The third kappa shape index (κ3) is 4.33. The zero-order valence-electron chi connectivity index (χ0n) is 14.3. The summed E-state index contributed by atoms with van der Waals surface area (Å²) in [5.41, 5.74) is 2.31. The van der Waals surface area contributed by atoms with Crippen LogP contribution in [0.2, 0.25) is 0 Å². The van der Waals surface area contributed by atoms with Crippen LogP contribution in [0, 0.1) is 20.2 Å². The molecule has 0 N–H and O–H groups in total. The fourth-order valence-electron chi connectivity index (χ4n) is 3.04. The summed E-state index contributed by atoms with van der Waals surface area (Å²) in [5, 5.41) is 21.8. The van der Waals surface area contributed by atoms with E-state index in [-0.39, 0.29) is 17.2 Å². The van der Waals surface area contributed by atoms with Crippen molar-refractivity contribution in [3.05, 3.63) is 91.0 Å². The molecule has 0 atom stereocenters. The Balaban J connectivity index is 1.90. The monoisotopic (exact) mass is 364 g/mol. The van der Waals surface area contributed by atoms with Crippen molar-refractivity contribution in [2.45, 2.75) is 19.3 Å². The second-order valence-electron chi connectivity index (χ2n) is 6.23. The highest BCUT2D eigenvalue weighted by Gasteiger charge is 2.21. The smallest absolute Gasteiger partial charge is 0.270 e. The number of nitrogens with zero attached hydrogens (tertiary/aromatic N) is 2. The summed E-state index contributed by atoms with van der Waals surface area (Å²) in [7, 11) is 0. The standard InChI is InChI=1S/C20H16N2O5/c23-20-16(10-14-4-1-8-18(12-14)21(24)25)6-3-7-17(20)11-15-5-2-9-19(13-15)22(26)27/h1-2,4-5,8-13H,3,6-7H2/b16-10-,17-11?. The molecular weight excluding hydrogens is 348 g/mol. The summed E-state index contributed by atoms with van der Waals surface area (Å²) in [6, 6.07) is 12.3. The van der Waals surface area contributed by atoms with Crippen molar-refractivity contribution in [2.24, 2.45) is 0 Å². The van der Waals surface area contributed by atoms with Crippen molar-refractivity contribution >= 4 is 29.3 Å². The predicted octanol–water partition coefficient (Wildman–Crippen LogP) is 4.72. The van der Waals surface area contributed by atoms with Crippen molar-refractivity contribution in [3.8, 4) is 0 Å². The fourth-order valence-corrected chi connectivity index (χ4v) is 3.04. The number of hydrogen-bond acceptors (Lipinski definition) is 5. The van der Waals surface area contributed by atoms with Gasteiger partial charge < -0.3 is 0 Å². The molecule has 3 rings (SSSR count). The van der Waals surface area contributed by atoms with E-state index in [4.69, 9.17) is 0 Å². The lowest BCUT2D eigenvalue weighted by Gasteiger charge is -2.16. The number of hydrogen-bond donors (Lipinski definition) is 0. The first-order chi connectivity index (χ1) is 12.9. The van der Waals surface area contributed by atoms with E-state index in [1.54, 1.807) is 36.4 Å². The van der Waals surface area contributed by atoms with Crippen molar-refractivity contribution in [1.82, 2.24) is 0 Å². The minimum atomic E-state index is -0.474. The third-order valence-electron chi connectivity index (χ3n) is 4.32. The number of allylic oxidation sites excluding steroid dienone is 2. The molecule has 0 aromatic heterocycles. The molecule has 2 aromatic carbocycles. The van der Waals surface area contributed by atoms with Gasteiger partial charge in [0.15, 0.2) is 5.78 Å². The quantitative estimate of drug-likeness (QED) is 0.443. The van der Waals surface area contributed by atoms with Gasteiger partial charge in [0, 0.05) is 35.4 Å². The topological polar surface area (TPSA) is 103 Å². The normalized spacial score (nSPS) is 17.3. The Bertz CT molecular complexity index is 914. The van der Waals surface area contributed by atoms with E-state index in [9.17, 15) is 25.0 Å². The van der Waals surface area contributed by atoms with Crippen LogP contribution in [0.4, 0.5) is 11.4 Å². The summed E-state index contributed by atoms with van der Waals surface area (Å²) in [6.45, 7) is 0. The van der Waals surface area contributed by atoms with Crippen LogP contribution in [0.15, 0.2) is 59.7 Å². The summed E-state index contributed by atoms with van der Waals surface area (Å²) < 4.78 is 0. The number of carbonyl (C=O) groups is 1. The van der Waals surface area contributed by atoms with Gasteiger partial charge in [0.05, 0.1) is 9.85 Å². The fraction of sp³-hybridized carbons (Fsp3) is 0.150. The highest BCUT2D eigenvalue weighted by atomic mass is 16.6. The van der Waals surface area contributed by atoms with Crippen LogP contribution in [0.5, 0.6) is 0 Å². The number of nitro groups is 2. The van der Waals surface area contributed by atoms with Crippen molar-refractivity contribution in [3.63, 3.8) is 0 Å². The number of rotatable bonds is 4. The van der Waals surface area contributed by atoms with E-state index in [0.717, 1.165) is 6.42 Å². The number of ketones is 1. The average Bonchev–Trinajstić information content (AvgIpc) is 2.65. The van der Waals surface area contributed by atoms with Crippen LogP contribution < -0.4 is 0 Å². The van der Waals surface area contributed by atoms with Crippen LogP contribution in [0.1, 0.15) is 30.4 Å². The minimum Gasteiger partial charge on any atom is -0.289 e. The van der Waals surface area contributed by atoms with E-state index in [2.05, 4.69) is 0 Å². The summed E-state index contributed by atoms with van der Waals surface area (Å²) in [6.07, 6.45) is 5.31. The first-order valence-corrected chi connectivity index (χ1v) is 8.39. The van der Waals surface area contributed by atoms with Crippen LogP contribution in [0.25, 0.3) is 12.2 Å². The number of carbonyl (C=O) groups excluding carboxylic acids is 1. The Labute approximate surface area is 154 Å². The maximum absolute atomic E-state index is 12.8. The van der Waals surface area contributed by atoms with Crippen LogP contribution in [-0.2, 0) is 4.79 Å². The van der Waals surface area contributed by atoms with E-state index >= 15 is 0 Å². The third-order valence-corrected chi connectivity index (χ3v) is 4.32. The number of Topliss-reactive ketones (excluding diaryl/α,β-unsaturated/α-hetero) is 1. The van der Waals surface area contributed by atoms with E-state index in [1.165, 1.54) is 24.3 Å². The Hall–Kier alpha value is -3.61. The zero-order valence-corrected chi connectivity index (χ0v) is 14.3. The predicted molar refractivity (Wildman–Crippen MR) is 101 cm³/mol. The molecule has 7 nitrogen and oxygen atoms in total. The molecular formula is C20H16N2O5. The Morgan fingerprint density at radius 1 is 0.778 bits per heavy atom. The molecule has 0 amide bonds. The van der Waals surface area contributed by atoms with Crippen LogP contribution in [-0.4, -0.2) is 15.6 Å². The average molecular weight is 364 g/mol. The first-order valence-electron chi connectivity index (χ1n) is 8.39. The molecule has 136 valence electrons. The highest BCUT2D eigenvalue weighted by molar-refractivity contribution is 6.14. The molecule has 1 fully saturated rings. The largest absolute Gasteiger partial charge is 0.289 e. The molecule has 1 saturated carbocycles. The van der Waals surface area contributed by atoms with Gasteiger partial charge in [0.1, 0.15) is 0 Å². The second-order valence-corrected chi connectivity index (χ2v) is 6.23. The lowest BCUT2D eigenvalue weighted by atomic mass is 9.87.